The van der Waals surface area contributed by atoms with Gasteiger partial charge >= 0.3 is 5.97 Å². The van der Waals surface area contributed by atoms with Crippen molar-refractivity contribution in [3.63, 3.8) is 0 Å². The second kappa shape index (κ2) is 4.68. The lowest BCUT2D eigenvalue weighted by molar-refractivity contribution is 0.0516. The van der Waals surface area contributed by atoms with E-state index in [-0.39, 0.29) is 5.97 Å². The number of hydrogen-bond acceptors (Lipinski definition) is 4. The number of aromatic nitrogens is 2. The van der Waals surface area contributed by atoms with Crippen molar-refractivity contribution in [3.8, 4) is 5.88 Å². The van der Waals surface area contributed by atoms with Crippen LogP contribution in [0.5, 0.6) is 5.88 Å². The van der Waals surface area contributed by atoms with Crippen molar-refractivity contribution in [1.29, 1.82) is 0 Å². The van der Waals surface area contributed by atoms with Gasteiger partial charge in [-0.05, 0) is 25.5 Å². The maximum Gasteiger partial charge on any atom is 0.354 e. The molecule has 0 fully saturated rings. The van der Waals surface area contributed by atoms with Crippen LogP contribution in [0.2, 0.25) is 0 Å². The zero-order valence-corrected chi connectivity index (χ0v) is 11.0. The molecule has 0 unspecified atom stereocenters. The molecule has 0 saturated heterocycles. The molecule has 18 heavy (non-hydrogen) atoms. The molecule has 2 heterocycles. The highest BCUT2D eigenvalue weighted by Crippen LogP contribution is 2.28. The average Bonchev–Trinajstić information content (AvgIpc) is 2.70. The summed E-state index contributed by atoms with van der Waals surface area (Å²) in [7, 11) is 3.37. The third-order valence-corrected chi connectivity index (χ3v) is 2.91. The lowest BCUT2D eigenvalue weighted by Crippen LogP contribution is -2.09. The SMILES string of the molecule is CCOC(=O)c1cc2c(C)cnc(OC)c2n1C. The van der Waals surface area contributed by atoms with E-state index in [1.165, 1.54) is 0 Å². The van der Waals surface area contributed by atoms with E-state index in [0.29, 0.717) is 18.2 Å². The quantitative estimate of drug-likeness (QED) is 0.780. The number of esters is 1. The number of carbonyl (C=O) groups excluding carboxylic acids is 1. The van der Waals surface area contributed by atoms with Gasteiger partial charge in [-0.1, -0.05) is 0 Å². The third kappa shape index (κ3) is 1.81. The van der Waals surface area contributed by atoms with Gasteiger partial charge in [0.1, 0.15) is 11.2 Å². The van der Waals surface area contributed by atoms with Crippen LogP contribution in [0.1, 0.15) is 23.0 Å². The van der Waals surface area contributed by atoms with E-state index in [0.717, 1.165) is 16.5 Å². The molecule has 0 N–H and O–H groups in total. The number of methoxy groups -OCH3 is 1. The minimum atomic E-state index is -0.336. The van der Waals surface area contributed by atoms with Gasteiger partial charge in [0.2, 0.25) is 5.88 Å². The molecule has 0 saturated carbocycles. The van der Waals surface area contributed by atoms with E-state index < -0.39 is 0 Å². The predicted octanol–water partition coefficient (Wildman–Crippen LogP) is 2.07. The molecular formula is C13H16N2O3. The molecular weight excluding hydrogens is 232 g/mol. The molecule has 0 atom stereocenters. The number of ether oxygens (including phenoxy) is 2. The molecule has 0 bridgehead atoms. The van der Waals surface area contributed by atoms with E-state index in [2.05, 4.69) is 4.98 Å². The average molecular weight is 248 g/mol. The first-order chi connectivity index (χ1) is 8.60. The molecule has 0 aliphatic heterocycles. The summed E-state index contributed by atoms with van der Waals surface area (Å²) >= 11 is 0. The van der Waals surface area contributed by atoms with Gasteiger partial charge in [-0.25, -0.2) is 9.78 Å². The van der Waals surface area contributed by atoms with Gasteiger partial charge in [0.15, 0.2) is 0 Å². The molecule has 0 spiro atoms. The Bertz CT molecular complexity index is 602. The molecule has 0 aliphatic rings. The molecule has 96 valence electrons. The molecule has 0 amide bonds. The van der Waals surface area contributed by atoms with Crippen molar-refractivity contribution in [2.24, 2.45) is 7.05 Å². The summed E-state index contributed by atoms with van der Waals surface area (Å²) in [5.41, 5.74) is 2.30. The molecule has 2 aromatic heterocycles. The minimum absolute atomic E-state index is 0.336. The Kier molecular flexibility index (Phi) is 3.23. The number of fused-ring (bicyclic) bond motifs is 1. The molecule has 2 rings (SSSR count). The number of pyridine rings is 1. The van der Waals surface area contributed by atoms with Crippen molar-refractivity contribution < 1.29 is 14.3 Å². The maximum atomic E-state index is 11.8. The summed E-state index contributed by atoms with van der Waals surface area (Å²) in [5, 5.41) is 0.951. The lowest BCUT2D eigenvalue weighted by atomic mass is 10.2. The van der Waals surface area contributed by atoms with Crippen molar-refractivity contribution in [1.82, 2.24) is 9.55 Å². The fourth-order valence-electron chi connectivity index (χ4n) is 2.00. The minimum Gasteiger partial charge on any atom is -0.479 e. The van der Waals surface area contributed by atoms with Crippen LogP contribution >= 0.6 is 0 Å². The lowest BCUT2D eigenvalue weighted by Gasteiger charge is -2.06. The fraction of sp³-hybridized carbons (Fsp3) is 0.385. The third-order valence-electron chi connectivity index (χ3n) is 2.91. The largest absolute Gasteiger partial charge is 0.479 e. The smallest absolute Gasteiger partial charge is 0.354 e. The van der Waals surface area contributed by atoms with E-state index in [4.69, 9.17) is 9.47 Å². The van der Waals surface area contributed by atoms with Crippen molar-refractivity contribution >= 4 is 16.9 Å². The summed E-state index contributed by atoms with van der Waals surface area (Å²) in [5.74, 6) is 0.173. The van der Waals surface area contributed by atoms with Gasteiger partial charge in [-0.15, -0.1) is 0 Å². The van der Waals surface area contributed by atoms with Crippen LogP contribution in [0.4, 0.5) is 0 Å². The summed E-state index contributed by atoms with van der Waals surface area (Å²) < 4.78 is 12.0. The van der Waals surface area contributed by atoms with Gasteiger partial charge in [0, 0.05) is 18.6 Å². The molecule has 0 aliphatic carbocycles. The first-order valence-corrected chi connectivity index (χ1v) is 5.76. The van der Waals surface area contributed by atoms with Crippen LogP contribution in [-0.2, 0) is 11.8 Å². The first-order valence-electron chi connectivity index (χ1n) is 5.76. The normalized spacial score (nSPS) is 10.7. The highest BCUT2D eigenvalue weighted by atomic mass is 16.5. The molecule has 5 nitrogen and oxygen atoms in total. The monoisotopic (exact) mass is 248 g/mol. The number of carbonyl (C=O) groups is 1. The van der Waals surface area contributed by atoms with E-state index >= 15 is 0 Å². The standard InChI is InChI=1S/C13H16N2O3/c1-5-18-13(16)10-6-9-8(2)7-14-12(17-4)11(9)15(10)3/h6-7H,5H2,1-4H3. The molecule has 5 heteroatoms. The van der Waals surface area contributed by atoms with E-state index in [9.17, 15) is 4.79 Å². The Hall–Kier alpha value is -2.04. The van der Waals surface area contributed by atoms with Gasteiger partial charge in [-0.3, -0.25) is 0 Å². The maximum absolute atomic E-state index is 11.8. The summed E-state index contributed by atoms with van der Waals surface area (Å²) in [6.07, 6.45) is 1.73. The van der Waals surface area contributed by atoms with Crippen LogP contribution in [-0.4, -0.2) is 29.2 Å². The zero-order chi connectivity index (χ0) is 13.3. The second-order valence-corrected chi connectivity index (χ2v) is 4.02. The zero-order valence-electron chi connectivity index (χ0n) is 11.0. The van der Waals surface area contributed by atoms with Crippen LogP contribution in [0.25, 0.3) is 10.9 Å². The predicted molar refractivity (Wildman–Crippen MR) is 68.0 cm³/mol. The number of rotatable bonds is 3. The number of aryl methyl sites for hydroxylation is 2. The van der Waals surface area contributed by atoms with E-state index in [1.807, 2.05) is 13.0 Å². The number of nitrogens with zero attached hydrogens (tertiary/aromatic N) is 2. The Morgan fingerprint density at radius 1 is 1.50 bits per heavy atom. The second-order valence-electron chi connectivity index (χ2n) is 4.02. The molecule has 0 aromatic carbocycles. The first kappa shape index (κ1) is 12.4. The van der Waals surface area contributed by atoms with Gasteiger partial charge in [0.05, 0.1) is 13.7 Å². The topological polar surface area (TPSA) is 53.4 Å². The van der Waals surface area contributed by atoms with Crippen molar-refractivity contribution in [2.45, 2.75) is 13.8 Å². The highest BCUT2D eigenvalue weighted by molar-refractivity contribution is 5.98. The van der Waals surface area contributed by atoms with Crippen LogP contribution in [0.15, 0.2) is 12.3 Å². The summed E-state index contributed by atoms with van der Waals surface area (Å²) in [6, 6.07) is 1.81. The van der Waals surface area contributed by atoms with E-state index in [1.54, 1.807) is 31.8 Å². The Balaban J connectivity index is 2.69. The van der Waals surface area contributed by atoms with Crippen molar-refractivity contribution in [2.75, 3.05) is 13.7 Å². The summed E-state index contributed by atoms with van der Waals surface area (Å²) in [4.78, 5) is 16.1. The van der Waals surface area contributed by atoms with Gasteiger partial charge < -0.3 is 14.0 Å². The van der Waals surface area contributed by atoms with Gasteiger partial charge in [-0.2, -0.15) is 0 Å². The Morgan fingerprint density at radius 2 is 2.22 bits per heavy atom. The van der Waals surface area contributed by atoms with Crippen molar-refractivity contribution in [3.05, 3.63) is 23.5 Å². The molecule has 2 aromatic rings. The highest BCUT2D eigenvalue weighted by Gasteiger charge is 2.18. The van der Waals surface area contributed by atoms with Crippen LogP contribution < -0.4 is 4.74 Å². The van der Waals surface area contributed by atoms with Gasteiger partial charge in [0.25, 0.3) is 0 Å². The Morgan fingerprint density at radius 3 is 2.83 bits per heavy atom. The Labute approximate surface area is 105 Å². The molecule has 0 radical (unpaired) electrons. The number of hydrogen-bond donors (Lipinski definition) is 0. The van der Waals surface area contributed by atoms with Crippen LogP contribution in [0.3, 0.4) is 0 Å². The summed E-state index contributed by atoms with van der Waals surface area (Å²) in [6.45, 7) is 4.09. The fourth-order valence-corrected chi connectivity index (χ4v) is 2.00. The van der Waals surface area contributed by atoms with Crippen LogP contribution in [0, 0.1) is 6.92 Å².